The third-order valence-electron chi connectivity index (χ3n) is 3.46. The molecule has 0 atom stereocenters. The monoisotopic (exact) mass is 271 g/mol. The van der Waals surface area contributed by atoms with Crippen LogP contribution in [0.4, 0.5) is 13.2 Å². The molecule has 0 radical (unpaired) electrons. The van der Waals surface area contributed by atoms with E-state index in [4.69, 9.17) is 1.41 Å². The second kappa shape index (κ2) is 4.48. The van der Waals surface area contributed by atoms with Gasteiger partial charge in [-0.15, -0.1) is 0 Å². The second-order valence-electron chi connectivity index (χ2n) is 4.65. The highest BCUT2D eigenvalue weighted by atomic mass is 19.4. The van der Waals surface area contributed by atoms with Gasteiger partial charge in [-0.2, -0.15) is 18.3 Å². The number of pyridine rings is 1. The Hall–Kier alpha value is -1.63. The van der Waals surface area contributed by atoms with Crippen LogP contribution in [0, 0.1) is 0 Å². The Morgan fingerprint density at radius 1 is 1.37 bits per heavy atom. The van der Waals surface area contributed by atoms with Crippen LogP contribution in [0.5, 0.6) is 0 Å². The van der Waals surface area contributed by atoms with Gasteiger partial charge in [-0.05, 0) is 43.5 Å². The third-order valence-corrected chi connectivity index (χ3v) is 3.46. The first-order valence-electron chi connectivity index (χ1n) is 6.54. The van der Waals surface area contributed by atoms with E-state index >= 15 is 0 Å². The average molecular weight is 271 g/mol. The predicted octanol–water partition coefficient (Wildman–Crippen LogP) is 2.22. The Kier molecular flexibility index (Phi) is 2.65. The zero-order valence-corrected chi connectivity index (χ0v) is 10.1. The number of fused-ring (bicyclic) bond motifs is 1. The normalized spacial score (nSPS) is 19.8. The van der Waals surface area contributed by atoms with E-state index in [-0.39, 0.29) is 17.1 Å². The summed E-state index contributed by atoms with van der Waals surface area (Å²) in [6, 6.07) is 1.05. The number of piperidine rings is 1. The number of nitrogens with one attached hydrogen (secondary N) is 1. The molecule has 0 aliphatic carbocycles. The van der Waals surface area contributed by atoms with E-state index < -0.39 is 11.7 Å². The number of rotatable bonds is 1. The molecule has 19 heavy (non-hydrogen) atoms. The SMILES string of the molecule is [2H]N1CCC(c2cn3ncnc3cc2C(F)(F)F)CC1. The maximum absolute atomic E-state index is 13.2. The maximum atomic E-state index is 13.2. The van der Waals surface area contributed by atoms with Crippen LogP contribution in [0.1, 0.15) is 29.9 Å². The minimum absolute atomic E-state index is 0.193. The Morgan fingerprint density at radius 2 is 2.11 bits per heavy atom. The van der Waals surface area contributed by atoms with Crippen molar-refractivity contribution in [3.63, 3.8) is 0 Å². The highest BCUT2D eigenvalue weighted by Crippen LogP contribution is 2.38. The van der Waals surface area contributed by atoms with E-state index in [0.717, 1.165) is 6.07 Å². The van der Waals surface area contributed by atoms with Gasteiger partial charge in [-0.3, -0.25) is 0 Å². The van der Waals surface area contributed by atoms with Gasteiger partial charge in [-0.1, -0.05) is 0 Å². The minimum atomic E-state index is -4.40. The van der Waals surface area contributed by atoms with Crippen LogP contribution in [-0.2, 0) is 6.18 Å². The lowest BCUT2D eigenvalue weighted by atomic mass is 9.88. The number of aromatic nitrogens is 3. The number of nitrogens with zero attached hydrogens (tertiary/aromatic N) is 3. The molecule has 1 fully saturated rings. The molecule has 1 N–H and O–H groups in total. The highest BCUT2D eigenvalue weighted by Gasteiger charge is 2.36. The fourth-order valence-electron chi connectivity index (χ4n) is 2.51. The summed E-state index contributed by atoms with van der Waals surface area (Å²) in [7, 11) is 0. The quantitative estimate of drug-likeness (QED) is 0.864. The molecule has 4 nitrogen and oxygen atoms in total. The second-order valence-corrected chi connectivity index (χ2v) is 4.65. The molecule has 2 aromatic rings. The Bertz CT molecular complexity index is 617. The van der Waals surface area contributed by atoms with Crippen molar-refractivity contribution < 1.29 is 14.6 Å². The lowest BCUT2D eigenvalue weighted by Crippen LogP contribution is -2.28. The van der Waals surface area contributed by atoms with Crippen molar-refractivity contribution in [3.05, 3.63) is 29.7 Å². The standard InChI is InChI=1S/C12H13F3N4/c13-12(14,15)10-5-11-17-7-18-19(11)6-9(10)8-1-3-16-4-2-8/h5-8,16H,1-4H2/i/hD. The van der Waals surface area contributed by atoms with E-state index in [0.29, 0.717) is 25.9 Å². The van der Waals surface area contributed by atoms with Crippen molar-refractivity contribution in [2.45, 2.75) is 24.9 Å². The number of hydrogen-bond acceptors (Lipinski definition) is 3. The molecule has 3 heterocycles. The first-order chi connectivity index (χ1) is 9.45. The molecule has 0 aromatic carbocycles. The van der Waals surface area contributed by atoms with Crippen molar-refractivity contribution in [1.82, 2.24) is 19.9 Å². The molecular formula is C12H13F3N4. The molecular weight excluding hydrogens is 257 g/mol. The van der Waals surface area contributed by atoms with Crippen molar-refractivity contribution in [2.75, 3.05) is 13.1 Å². The largest absolute Gasteiger partial charge is 0.416 e. The first kappa shape index (κ1) is 11.2. The summed E-state index contributed by atoms with van der Waals surface area (Å²) < 4.78 is 48.5. The molecule has 2 aromatic heterocycles. The van der Waals surface area contributed by atoms with Gasteiger partial charge in [0.05, 0.1) is 5.56 Å². The van der Waals surface area contributed by atoms with Gasteiger partial charge >= 0.3 is 6.18 Å². The minimum Gasteiger partial charge on any atom is -0.317 e. The van der Waals surface area contributed by atoms with Gasteiger partial charge in [0.2, 0.25) is 0 Å². The van der Waals surface area contributed by atoms with Crippen molar-refractivity contribution in [3.8, 4) is 0 Å². The molecule has 0 spiro atoms. The zero-order chi connectivity index (χ0) is 14.3. The molecule has 7 heteroatoms. The molecule has 0 saturated carbocycles. The molecule has 0 bridgehead atoms. The fourth-order valence-corrected chi connectivity index (χ4v) is 2.51. The summed E-state index contributed by atoms with van der Waals surface area (Å²) >= 11 is 0. The summed E-state index contributed by atoms with van der Waals surface area (Å²) in [5.41, 5.74) is -0.191. The number of alkyl halides is 3. The van der Waals surface area contributed by atoms with Gasteiger partial charge in [0.25, 0.3) is 0 Å². The average Bonchev–Trinajstić information content (AvgIpc) is 2.84. The molecule has 0 amide bonds. The maximum Gasteiger partial charge on any atom is 0.416 e. The van der Waals surface area contributed by atoms with Crippen molar-refractivity contribution in [2.24, 2.45) is 0 Å². The van der Waals surface area contributed by atoms with E-state index in [1.165, 1.54) is 22.3 Å². The Labute approximate surface area is 109 Å². The topological polar surface area (TPSA) is 42.2 Å². The summed E-state index contributed by atoms with van der Waals surface area (Å²) in [5, 5.41) is 5.29. The molecule has 1 aliphatic heterocycles. The molecule has 0 unspecified atom stereocenters. The van der Waals surface area contributed by atoms with Gasteiger partial charge in [0.1, 0.15) is 7.74 Å². The smallest absolute Gasteiger partial charge is 0.317 e. The van der Waals surface area contributed by atoms with Crippen LogP contribution in [0.3, 0.4) is 0 Å². The van der Waals surface area contributed by atoms with Gasteiger partial charge < -0.3 is 5.31 Å². The van der Waals surface area contributed by atoms with E-state index in [1.807, 2.05) is 0 Å². The van der Waals surface area contributed by atoms with Crippen LogP contribution in [-0.4, -0.2) is 27.7 Å². The summed E-state index contributed by atoms with van der Waals surface area (Å²) in [6.45, 7) is 0.967. The molecule has 1 saturated heterocycles. The van der Waals surface area contributed by atoms with Gasteiger partial charge in [-0.25, -0.2) is 9.50 Å². The van der Waals surface area contributed by atoms with Crippen molar-refractivity contribution >= 4 is 5.65 Å². The van der Waals surface area contributed by atoms with Crippen molar-refractivity contribution in [1.29, 1.82) is 0 Å². The van der Waals surface area contributed by atoms with Crippen LogP contribution in [0.25, 0.3) is 5.65 Å². The number of hydrogen-bond donors (Lipinski definition) is 1. The Morgan fingerprint density at radius 3 is 2.79 bits per heavy atom. The van der Waals surface area contributed by atoms with E-state index in [1.54, 1.807) is 0 Å². The van der Waals surface area contributed by atoms with Crippen LogP contribution in [0.2, 0.25) is 1.41 Å². The number of halogens is 3. The summed E-state index contributed by atoms with van der Waals surface area (Å²) in [6.07, 6.45) is -0.637. The lowest BCUT2D eigenvalue weighted by molar-refractivity contribution is -0.138. The summed E-state index contributed by atoms with van der Waals surface area (Å²) in [4.78, 5) is 3.80. The third kappa shape index (κ3) is 2.30. The van der Waals surface area contributed by atoms with Crippen LogP contribution < -0.4 is 5.31 Å². The zero-order valence-electron chi connectivity index (χ0n) is 11.1. The molecule has 102 valence electrons. The molecule has 1 aliphatic rings. The fraction of sp³-hybridized carbons (Fsp3) is 0.500. The molecule has 3 rings (SSSR count). The predicted molar refractivity (Wildman–Crippen MR) is 62.8 cm³/mol. The van der Waals surface area contributed by atoms with Gasteiger partial charge in [0.15, 0.2) is 5.65 Å². The van der Waals surface area contributed by atoms with Crippen LogP contribution in [0.15, 0.2) is 18.6 Å². The highest BCUT2D eigenvalue weighted by molar-refractivity contribution is 5.45. The lowest BCUT2D eigenvalue weighted by Gasteiger charge is -2.25. The van der Waals surface area contributed by atoms with Crippen LogP contribution >= 0.6 is 0 Å². The Balaban J connectivity index is 2.07. The first-order valence-corrected chi connectivity index (χ1v) is 6.09. The van der Waals surface area contributed by atoms with E-state index in [2.05, 4.69) is 10.1 Å². The van der Waals surface area contributed by atoms with E-state index in [9.17, 15) is 13.2 Å². The summed E-state index contributed by atoms with van der Waals surface area (Å²) in [5.74, 6) is -0.193. The van der Waals surface area contributed by atoms with Gasteiger partial charge in [0, 0.05) is 6.20 Å².